The number of carbonyl (C=O) groups excluding carboxylic acids is 1. The number of carbonyl (C=O) groups is 2. The number of nitrogens with two attached hydrogens (primary N) is 1. The molecular formula is C11H22N2O4. The zero-order valence-corrected chi connectivity index (χ0v) is 10.8. The van der Waals surface area contributed by atoms with E-state index in [1.807, 2.05) is 0 Å². The number of carboxylic acid groups (broad SMARTS) is 1. The Balaban J connectivity index is 4.25. The first-order chi connectivity index (χ1) is 7.50. The van der Waals surface area contributed by atoms with E-state index in [0.29, 0.717) is 0 Å². The number of aliphatic hydroxyl groups is 1. The van der Waals surface area contributed by atoms with Crippen LogP contribution in [0.4, 0.5) is 0 Å². The number of aliphatic hydroxyl groups excluding tert-OH is 1. The van der Waals surface area contributed by atoms with E-state index in [1.165, 1.54) is 0 Å². The average molecular weight is 246 g/mol. The van der Waals surface area contributed by atoms with Crippen LogP contribution in [-0.4, -0.2) is 40.3 Å². The van der Waals surface area contributed by atoms with Crippen LogP contribution in [0.2, 0.25) is 0 Å². The standard InChI is InChI=1S/C11H22N2O4/c1-10(2,11(3,4)12)9(17)13-6-5-7(14)8(15)16/h7,14H,5-6,12H2,1-4H3,(H,13,17)(H,15,16)/t7-/m0/s1. The molecule has 0 saturated heterocycles. The van der Waals surface area contributed by atoms with Crippen molar-refractivity contribution in [1.82, 2.24) is 5.32 Å². The minimum absolute atomic E-state index is 0.0256. The lowest BCUT2D eigenvalue weighted by Gasteiger charge is -2.36. The van der Waals surface area contributed by atoms with Gasteiger partial charge < -0.3 is 21.3 Å². The SMILES string of the molecule is CC(C)(N)C(C)(C)C(=O)NCC[C@H](O)C(=O)O. The third-order valence-electron chi connectivity index (χ3n) is 3.17. The average Bonchev–Trinajstić information content (AvgIpc) is 2.15. The summed E-state index contributed by atoms with van der Waals surface area (Å²) >= 11 is 0. The van der Waals surface area contributed by atoms with E-state index in [0.717, 1.165) is 0 Å². The maximum atomic E-state index is 11.8. The van der Waals surface area contributed by atoms with Crippen molar-refractivity contribution < 1.29 is 19.8 Å². The molecule has 5 N–H and O–H groups in total. The molecular weight excluding hydrogens is 224 g/mol. The van der Waals surface area contributed by atoms with E-state index in [2.05, 4.69) is 5.32 Å². The maximum absolute atomic E-state index is 11.8. The van der Waals surface area contributed by atoms with E-state index < -0.39 is 23.0 Å². The highest BCUT2D eigenvalue weighted by molar-refractivity contribution is 5.83. The fourth-order valence-electron chi connectivity index (χ4n) is 0.959. The fourth-order valence-corrected chi connectivity index (χ4v) is 0.959. The summed E-state index contributed by atoms with van der Waals surface area (Å²) in [6.07, 6.45) is -1.48. The first kappa shape index (κ1) is 15.9. The first-order valence-electron chi connectivity index (χ1n) is 5.48. The van der Waals surface area contributed by atoms with Gasteiger partial charge in [0.05, 0.1) is 5.41 Å². The van der Waals surface area contributed by atoms with Crippen LogP contribution < -0.4 is 11.1 Å². The largest absolute Gasteiger partial charge is 0.479 e. The lowest BCUT2D eigenvalue weighted by molar-refractivity contribution is -0.147. The van der Waals surface area contributed by atoms with E-state index in [1.54, 1.807) is 27.7 Å². The molecule has 0 aliphatic heterocycles. The Hall–Kier alpha value is -1.14. The molecule has 0 radical (unpaired) electrons. The van der Waals surface area contributed by atoms with Crippen LogP contribution in [-0.2, 0) is 9.59 Å². The summed E-state index contributed by atoms with van der Waals surface area (Å²) in [5, 5.41) is 20.1. The topological polar surface area (TPSA) is 113 Å². The molecule has 0 aliphatic rings. The molecule has 1 amide bonds. The molecule has 0 aromatic carbocycles. The van der Waals surface area contributed by atoms with Crippen molar-refractivity contribution in [3.8, 4) is 0 Å². The summed E-state index contributed by atoms with van der Waals surface area (Å²) in [7, 11) is 0. The van der Waals surface area contributed by atoms with Crippen LogP contribution >= 0.6 is 0 Å². The van der Waals surface area contributed by atoms with Crippen molar-refractivity contribution >= 4 is 11.9 Å². The molecule has 0 aliphatic carbocycles. The summed E-state index contributed by atoms with van der Waals surface area (Å²) in [5.74, 6) is -1.56. The van der Waals surface area contributed by atoms with Gasteiger partial charge in [0.2, 0.25) is 5.91 Å². The van der Waals surface area contributed by atoms with Crippen LogP contribution in [0.3, 0.4) is 0 Å². The number of hydrogen-bond acceptors (Lipinski definition) is 4. The van der Waals surface area contributed by atoms with Gasteiger partial charge in [0.1, 0.15) is 0 Å². The van der Waals surface area contributed by atoms with Gasteiger partial charge in [-0.3, -0.25) is 4.79 Å². The van der Waals surface area contributed by atoms with Crippen molar-refractivity contribution in [3.63, 3.8) is 0 Å². The van der Waals surface area contributed by atoms with Crippen LogP contribution in [0.25, 0.3) is 0 Å². The molecule has 0 fully saturated rings. The van der Waals surface area contributed by atoms with Crippen LogP contribution in [0, 0.1) is 5.41 Å². The molecule has 6 heteroatoms. The second-order valence-corrected chi connectivity index (χ2v) is 5.25. The van der Waals surface area contributed by atoms with Gasteiger partial charge >= 0.3 is 5.97 Å². The van der Waals surface area contributed by atoms with Crippen LogP contribution in [0.5, 0.6) is 0 Å². The number of carboxylic acids is 1. The molecule has 0 unspecified atom stereocenters. The normalized spacial score (nSPS) is 14.2. The lowest BCUT2D eigenvalue weighted by atomic mass is 9.74. The Kier molecular flexibility index (Phi) is 5.10. The third-order valence-corrected chi connectivity index (χ3v) is 3.17. The molecule has 100 valence electrons. The number of amides is 1. The van der Waals surface area contributed by atoms with Gasteiger partial charge in [-0.1, -0.05) is 0 Å². The Morgan fingerprint density at radius 3 is 2.12 bits per heavy atom. The molecule has 0 rings (SSSR count). The zero-order chi connectivity index (χ0) is 13.9. The summed E-state index contributed by atoms with van der Waals surface area (Å²) in [4.78, 5) is 22.2. The lowest BCUT2D eigenvalue weighted by Crippen LogP contribution is -2.55. The molecule has 0 aromatic heterocycles. The molecule has 0 aromatic rings. The molecule has 0 heterocycles. The molecule has 0 saturated carbocycles. The molecule has 17 heavy (non-hydrogen) atoms. The molecule has 6 nitrogen and oxygen atoms in total. The highest BCUT2D eigenvalue weighted by Gasteiger charge is 2.40. The third kappa shape index (κ3) is 4.32. The van der Waals surface area contributed by atoms with Gasteiger partial charge in [-0.2, -0.15) is 0 Å². The van der Waals surface area contributed by atoms with E-state index in [9.17, 15) is 9.59 Å². The molecule has 1 atom stereocenters. The Bertz CT molecular complexity index is 294. The second kappa shape index (κ2) is 5.46. The monoisotopic (exact) mass is 246 g/mol. The van der Waals surface area contributed by atoms with Crippen LogP contribution in [0.1, 0.15) is 34.1 Å². The quantitative estimate of drug-likeness (QED) is 0.514. The second-order valence-electron chi connectivity index (χ2n) is 5.25. The zero-order valence-electron chi connectivity index (χ0n) is 10.8. The van der Waals surface area contributed by atoms with Gasteiger partial charge in [-0.15, -0.1) is 0 Å². The number of hydrogen-bond donors (Lipinski definition) is 4. The summed E-state index contributed by atoms with van der Waals surface area (Å²) < 4.78 is 0. The predicted molar refractivity (Wildman–Crippen MR) is 63.3 cm³/mol. The Morgan fingerprint density at radius 2 is 1.76 bits per heavy atom. The predicted octanol–water partition coefficient (Wildman–Crippen LogP) is -0.298. The van der Waals surface area contributed by atoms with Gasteiger partial charge in [0.25, 0.3) is 0 Å². The van der Waals surface area contributed by atoms with Gasteiger partial charge in [-0.25, -0.2) is 4.79 Å². The molecule has 0 spiro atoms. The Labute approximate surface area is 101 Å². The summed E-state index contributed by atoms with van der Waals surface area (Å²) in [6.45, 7) is 7.04. The van der Waals surface area contributed by atoms with Gasteiger partial charge in [0, 0.05) is 18.5 Å². The van der Waals surface area contributed by atoms with Crippen molar-refractivity contribution in [2.24, 2.45) is 11.1 Å². The van der Waals surface area contributed by atoms with E-state index in [-0.39, 0.29) is 18.9 Å². The van der Waals surface area contributed by atoms with E-state index >= 15 is 0 Å². The molecule has 0 bridgehead atoms. The number of nitrogens with one attached hydrogen (secondary N) is 1. The highest BCUT2D eigenvalue weighted by Crippen LogP contribution is 2.28. The summed E-state index contributed by atoms with van der Waals surface area (Å²) in [6, 6.07) is 0. The van der Waals surface area contributed by atoms with Crippen molar-refractivity contribution in [2.45, 2.75) is 45.8 Å². The van der Waals surface area contributed by atoms with Gasteiger partial charge in [-0.05, 0) is 27.7 Å². The fraction of sp³-hybridized carbons (Fsp3) is 0.818. The summed E-state index contributed by atoms with van der Waals surface area (Å²) in [5.41, 5.74) is 4.42. The van der Waals surface area contributed by atoms with Crippen molar-refractivity contribution in [3.05, 3.63) is 0 Å². The van der Waals surface area contributed by atoms with Crippen LogP contribution in [0.15, 0.2) is 0 Å². The number of rotatable bonds is 6. The Morgan fingerprint density at radius 1 is 1.29 bits per heavy atom. The maximum Gasteiger partial charge on any atom is 0.332 e. The smallest absolute Gasteiger partial charge is 0.332 e. The minimum Gasteiger partial charge on any atom is -0.479 e. The van der Waals surface area contributed by atoms with E-state index in [4.69, 9.17) is 15.9 Å². The highest BCUT2D eigenvalue weighted by atomic mass is 16.4. The van der Waals surface area contributed by atoms with Crippen molar-refractivity contribution in [1.29, 1.82) is 0 Å². The number of aliphatic carboxylic acids is 1. The van der Waals surface area contributed by atoms with Crippen molar-refractivity contribution in [2.75, 3.05) is 6.54 Å². The van der Waals surface area contributed by atoms with Gasteiger partial charge in [0.15, 0.2) is 6.10 Å². The minimum atomic E-state index is -1.45. The first-order valence-corrected chi connectivity index (χ1v) is 5.48.